The molecule has 1 unspecified atom stereocenters. The lowest BCUT2D eigenvalue weighted by atomic mass is 10.2. The van der Waals surface area contributed by atoms with E-state index in [1.807, 2.05) is 0 Å². The summed E-state index contributed by atoms with van der Waals surface area (Å²) in [4.78, 5) is 13.5. The van der Waals surface area contributed by atoms with Gasteiger partial charge >= 0.3 is 0 Å². The molecule has 0 aliphatic carbocycles. The molecule has 1 aliphatic rings. The lowest BCUT2D eigenvalue weighted by Crippen LogP contribution is -2.50. The van der Waals surface area contributed by atoms with Crippen molar-refractivity contribution < 1.29 is 4.74 Å². The third-order valence-corrected chi connectivity index (χ3v) is 4.25. The quantitative estimate of drug-likeness (QED) is 0.847. The molecule has 0 amide bonds. The second-order valence-electron chi connectivity index (χ2n) is 4.81. The Morgan fingerprint density at radius 3 is 2.63 bits per heavy atom. The predicted molar refractivity (Wildman–Crippen MR) is 79.8 cm³/mol. The van der Waals surface area contributed by atoms with Crippen LogP contribution in [0.2, 0.25) is 0 Å². The average Bonchev–Trinajstić information content (AvgIpc) is 2.47. The molecule has 0 aromatic carbocycles. The Bertz CT molecular complexity index is 421. The van der Waals surface area contributed by atoms with Crippen molar-refractivity contribution in [3.05, 3.63) is 10.7 Å². The molecule has 0 spiro atoms. The van der Waals surface area contributed by atoms with Gasteiger partial charge in [0, 0.05) is 32.2 Å². The summed E-state index contributed by atoms with van der Waals surface area (Å²) in [6, 6.07) is 0.655. The summed E-state index contributed by atoms with van der Waals surface area (Å²) in [7, 11) is 1.62. The summed E-state index contributed by atoms with van der Waals surface area (Å²) in [5.41, 5.74) is 0. The second-order valence-corrected chi connectivity index (χ2v) is 5.66. The number of hydrogen-bond donors (Lipinski definition) is 0. The smallest absolute Gasteiger partial charge is 0.232 e. The average molecular weight is 329 g/mol. The molecule has 106 valence electrons. The van der Waals surface area contributed by atoms with Gasteiger partial charge in [-0.15, -0.1) is 0 Å². The molecule has 2 heterocycles. The van der Waals surface area contributed by atoms with Crippen LogP contribution < -0.4 is 9.64 Å². The standard InChI is InChI=1S/C13H21BrN4O/c1-4-10(2)17-5-7-18(8-6-17)13-15-9-11(14)12(16-13)19-3/h9-10H,4-8H2,1-3H3. The number of methoxy groups -OCH3 is 1. The summed E-state index contributed by atoms with van der Waals surface area (Å²) in [5.74, 6) is 1.35. The summed E-state index contributed by atoms with van der Waals surface area (Å²) in [6.07, 6.45) is 2.95. The van der Waals surface area contributed by atoms with Crippen LogP contribution in [0.3, 0.4) is 0 Å². The van der Waals surface area contributed by atoms with Gasteiger partial charge in [-0.25, -0.2) is 4.98 Å². The second kappa shape index (κ2) is 6.52. The number of halogens is 1. The molecule has 1 aromatic heterocycles. The largest absolute Gasteiger partial charge is 0.480 e. The van der Waals surface area contributed by atoms with Crippen molar-refractivity contribution in [3.63, 3.8) is 0 Å². The van der Waals surface area contributed by atoms with Gasteiger partial charge in [0.2, 0.25) is 11.8 Å². The first-order valence-corrected chi connectivity index (χ1v) is 7.50. The van der Waals surface area contributed by atoms with E-state index in [4.69, 9.17) is 4.74 Å². The maximum atomic E-state index is 5.22. The van der Waals surface area contributed by atoms with Gasteiger partial charge in [-0.2, -0.15) is 4.98 Å². The Hall–Kier alpha value is -0.880. The van der Waals surface area contributed by atoms with E-state index >= 15 is 0 Å². The van der Waals surface area contributed by atoms with Crippen molar-refractivity contribution in [2.24, 2.45) is 0 Å². The predicted octanol–water partition coefficient (Wildman–Crippen LogP) is 2.17. The van der Waals surface area contributed by atoms with Crippen molar-refractivity contribution >= 4 is 21.9 Å². The fourth-order valence-corrected chi connectivity index (χ4v) is 2.61. The van der Waals surface area contributed by atoms with Crippen LogP contribution in [0.5, 0.6) is 5.88 Å². The van der Waals surface area contributed by atoms with Crippen LogP contribution in [0.15, 0.2) is 10.7 Å². The third-order valence-electron chi connectivity index (χ3n) is 3.70. The van der Waals surface area contributed by atoms with Gasteiger partial charge in [0.05, 0.1) is 17.8 Å². The molecule has 1 fully saturated rings. The number of rotatable bonds is 4. The minimum atomic E-state index is 0.592. The fourth-order valence-electron chi connectivity index (χ4n) is 2.26. The number of nitrogens with zero attached hydrogens (tertiary/aromatic N) is 4. The van der Waals surface area contributed by atoms with E-state index in [-0.39, 0.29) is 0 Å². The highest BCUT2D eigenvalue weighted by Crippen LogP contribution is 2.24. The van der Waals surface area contributed by atoms with E-state index in [1.54, 1.807) is 13.3 Å². The van der Waals surface area contributed by atoms with Gasteiger partial charge in [-0.05, 0) is 29.3 Å². The Kier molecular flexibility index (Phi) is 4.99. The van der Waals surface area contributed by atoms with Crippen LogP contribution >= 0.6 is 15.9 Å². The zero-order chi connectivity index (χ0) is 13.8. The molecule has 1 aliphatic heterocycles. The van der Waals surface area contributed by atoms with E-state index in [2.05, 4.69) is 49.5 Å². The van der Waals surface area contributed by atoms with E-state index in [1.165, 1.54) is 6.42 Å². The van der Waals surface area contributed by atoms with Crippen molar-refractivity contribution in [1.82, 2.24) is 14.9 Å². The maximum Gasteiger partial charge on any atom is 0.232 e. The molecule has 0 saturated carbocycles. The molecule has 1 atom stereocenters. The highest BCUT2D eigenvalue weighted by Gasteiger charge is 2.22. The van der Waals surface area contributed by atoms with Crippen LogP contribution in [0.1, 0.15) is 20.3 Å². The lowest BCUT2D eigenvalue weighted by Gasteiger charge is -2.37. The minimum absolute atomic E-state index is 0.592. The van der Waals surface area contributed by atoms with Crippen LogP contribution in [-0.4, -0.2) is 54.2 Å². The molecular formula is C13H21BrN4O. The zero-order valence-corrected chi connectivity index (χ0v) is 13.4. The Balaban J connectivity index is 2.01. The molecule has 0 radical (unpaired) electrons. The minimum Gasteiger partial charge on any atom is -0.480 e. The van der Waals surface area contributed by atoms with Crippen molar-refractivity contribution in [2.45, 2.75) is 26.3 Å². The number of piperazine rings is 1. The molecule has 2 rings (SSSR count). The summed E-state index contributed by atoms with van der Waals surface area (Å²) >= 11 is 3.38. The van der Waals surface area contributed by atoms with Crippen molar-refractivity contribution in [1.29, 1.82) is 0 Å². The van der Waals surface area contributed by atoms with Crippen molar-refractivity contribution in [2.75, 3.05) is 38.2 Å². The molecule has 5 nitrogen and oxygen atoms in total. The van der Waals surface area contributed by atoms with Crippen LogP contribution in [0.4, 0.5) is 5.95 Å². The first-order chi connectivity index (χ1) is 9.15. The molecule has 1 aromatic rings. The normalized spacial score (nSPS) is 18.4. The van der Waals surface area contributed by atoms with Gasteiger partial charge in [0.15, 0.2) is 0 Å². The Labute approximate surface area is 123 Å². The number of ether oxygens (including phenoxy) is 1. The Morgan fingerprint density at radius 1 is 1.37 bits per heavy atom. The van der Waals surface area contributed by atoms with Crippen molar-refractivity contribution in [3.8, 4) is 5.88 Å². The first-order valence-electron chi connectivity index (χ1n) is 6.71. The topological polar surface area (TPSA) is 41.5 Å². The van der Waals surface area contributed by atoms with Crippen LogP contribution in [0, 0.1) is 0 Å². The maximum absolute atomic E-state index is 5.22. The molecule has 19 heavy (non-hydrogen) atoms. The molecule has 0 N–H and O–H groups in total. The summed E-state index contributed by atoms with van der Waals surface area (Å²) in [6.45, 7) is 8.59. The summed E-state index contributed by atoms with van der Waals surface area (Å²) in [5, 5.41) is 0. The fraction of sp³-hybridized carbons (Fsp3) is 0.692. The van der Waals surface area contributed by atoms with E-state index in [9.17, 15) is 0 Å². The van der Waals surface area contributed by atoms with Gasteiger partial charge < -0.3 is 9.64 Å². The van der Waals surface area contributed by atoms with Gasteiger partial charge in [0.25, 0.3) is 0 Å². The number of aromatic nitrogens is 2. The summed E-state index contributed by atoms with van der Waals surface area (Å²) < 4.78 is 6.01. The molecule has 0 bridgehead atoms. The van der Waals surface area contributed by atoms with Crippen LogP contribution in [0.25, 0.3) is 0 Å². The third kappa shape index (κ3) is 3.36. The van der Waals surface area contributed by atoms with Crippen LogP contribution in [-0.2, 0) is 0 Å². The molecule has 6 heteroatoms. The highest BCUT2D eigenvalue weighted by molar-refractivity contribution is 9.10. The first kappa shape index (κ1) is 14.5. The lowest BCUT2D eigenvalue weighted by molar-refractivity contribution is 0.192. The number of anilines is 1. The van der Waals surface area contributed by atoms with Gasteiger partial charge in [-0.3, -0.25) is 4.90 Å². The SMILES string of the molecule is CCC(C)N1CCN(c2ncc(Br)c(OC)n2)CC1. The monoisotopic (exact) mass is 328 g/mol. The van der Waals surface area contributed by atoms with Gasteiger partial charge in [-0.1, -0.05) is 6.92 Å². The van der Waals surface area contributed by atoms with E-state index in [0.717, 1.165) is 36.6 Å². The Morgan fingerprint density at radius 2 is 2.05 bits per heavy atom. The number of hydrogen-bond acceptors (Lipinski definition) is 5. The molecular weight excluding hydrogens is 308 g/mol. The van der Waals surface area contributed by atoms with Gasteiger partial charge in [0.1, 0.15) is 0 Å². The molecule has 1 saturated heterocycles. The van der Waals surface area contributed by atoms with E-state index in [0.29, 0.717) is 11.9 Å². The van der Waals surface area contributed by atoms with E-state index < -0.39 is 0 Å². The highest BCUT2D eigenvalue weighted by atomic mass is 79.9. The zero-order valence-electron chi connectivity index (χ0n) is 11.8.